The minimum Gasteiger partial charge on any atom is -0.494 e. The molecule has 0 aliphatic rings. The summed E-state index contributed by atoms with van der Waals surface area (Å²) in [4.78, 5) is 12.2. The first kappa shape index (κ1) is 23.6. The zero-order valence-electron chi connectivity index (χ0n) is 18.4. The van der Waals surface area contributed by atoms with Gasteiger partial charge in [0, 0.05) is 11.4 Å². The molecule has 0 spiro atoms. The van der Waals surface area contributed by atoms with Gasteiger partial charge in [0.05, 0.1) is 13.2 Å². The Kier molecular flexibility index (Phi) is 11.3. The van der Waals surface area contributed by atoms with Crippen molar-refractivity contribution in [2.45, 2.75) is 65.2 Å². The maximum absolute atomic E-state index is 12.2. The molecule has 0 aromatic heterocycles. The summed E-state index contributed by atoms with van der Waals surface area (Å²) in [6.07, 6.45) is 9.47. The quantitative estimate of drug-likeness (QED) is 0.321. The maximum Gasteiger partial charge on any atom is 0.323 e. The predicted octanol–water partition coefficient (Wildman–Crippen LogP) is 7.25. The van der Waals surface area contributed by atoms with Gasteiger partial charge in [-0.1, -0.05) is 52.4 Å². The largest absolute Gasteiger partial charge is 0.494 e. The van der Waals surface area contributed by atoms with Crippen LogP contribution in [0.4, 0.5) is 16.2 Å². The second-order valence-electron chi connectivity index (χ2n) is 7.45. The Hall–Kier alpha value is -2.69. The Balaban J connectivity index is 1.69. The first-order valence-electron chi connectivity index (χ1n) is 11.2. The third kappa shape index (κ3) is 9.68. The van der Waals surface area contributed by atoms with E-state index >= 15 is 0 Å². The van der Waals surface area contributed by atoms with E-state index in [2.05, 4.69) is 24.5 Å². The van der Waals surface area contributed by atoms with E-state index in [9.17, 15) is 4.79 Å². The number of amides is 2. The van der Waals surface area contributed by atoms with Crippen LogP contribution in [0, 0.1) is 0 Å². The first-order valence-corrected chi connectivity index (χ1v) is 11.2. The molecule has 0 saturated carbocycles. The molecule has 0 aliphatic carbocycles. The molecule has 5 heteroatoms. The molecule has 0 saturated heterocycles. The first-order chi connectivity index (χ1) is 14.7. The summed E-state index contributed by atoms with van der Waals surface area (Å²) in [7, 11) is 0. The van der Waals surface area contributed by atoms with Gasteiger partial charge in [-0.3, -0.25) is 0 Å². The van der Waals surface area contributed by atoms with Gasteiger partial charge in [0.1, 0.15) is 11.5 Å². The summed E-state index contributed by atoms with van der Waals surface area (Å²) in [5.74, 6) is 1.64. The van der Waals surface area contributed by atoms with Crippen LogP contribution < -0.4 is 20.1 Å². The Labute approximate surface area is 181 Å². The van der Waals surface area contributed by atoms with E-state index in [1.165, 1.54) is 38.5 Å². The second kappa shape index (κ2) is 14.3. The molecule has 0 fully saturated rings. The Morgan fingerprint density at radius 3 is 1.40 bits per heavy atom. The number of hydrogen-bond donors (Lipinski definition) is 2. The number of anilines is 2. The van der Waals surface area contributed by atoms with Crippen LogP contribution >= 0.6 is 0 Å². The topological polar surface area (TPSA) is 59.6 Å². The SMILES string of the molecule is CCCCCCOc1ccc(NC(=O)Nc2ccc(OCCCCCC)cc2)cc1. The van der Waals surface area contributed by atoms with Crippen molar-refractivity contribution in [1.82, 2.24) is 0 Å². The Morgan fingerprint density at radius 2 is 1.03 bits per heavy atom. The second-order valence-corrected chi connectivity index (χ2v) is 7.45. The van der Waals surface area contributed by atoms with E-state index < -0.39 is 0 Å². The highest BCUT2D eigenvalue weighted by atomic mass is 16.5. The molecule has 0 heterocycles. The summed E-state index contributed by atoms with van der Waals surface area (Å²) in [5, 5.41) is 5.67. The number of nitrogens with one attached hydrogen (secondary N) is 2. The number of carbonyl (C=O) groups excluding carboxylic acids is 1. The molecule has 30 heavy (non-hydrogen) atoms. The smallest absolute Gasteiger partial charge is 0.323 e. The molecule has 0 unspecified atom stereocenters. The van der Waals surface area contributed by atoms with E-state index in [1.54, 1.807) is 0 Å². The van der Waals surface area contributed by atoms with E-state index in [1.807, 2.05) is 48.5 Å². The molecule has 2 amide bonds. The lowest BCUT2D eigenvalue weighted by Gasteiger charge is -2.10. The van der Waals surface area contributed by atoms with Crippen LogP contribution in [0.5, 0.6) is 11.5 Å². The van der Waals surface area contributed by atoms with Gasteiger partial charge in [-0.25, -0.2) is 4.79 Å². The molecule has 0 bridgehead atoms. The average molecular weight is 413 g/mol. The number of carbonyl (C=O) groups is 1. The lowest BCUT2D eigenvalue weighted by Crippen LogP contribution is -2.19. The Morgan fingerprint density at radius 1 is 0.633 bits per heavy atom. The van der Waals surface area contributed by atoms with Crippen LogP contribution in [-0.2, 0) is 0 Å². The minimum atomic E-state index is -0.281. The van der Waals surface area contributed by atoms with Crippen LogP contribution in [0.3, 0.4) is 0 Å². The van der Waals surface area contributed by atoms with Crippen LogP contribution in [0.25, 0.3) is 0 Å². The number of urea groups is 1. The third-order valence-corrected chi connectivity index (χ3v) is 4.76. The fourth-order valence-corrected chi connectivity index (χ4v) is 3.00. The molecule has 2 aromatic carbocycles. The number of rotatable bonds is 14. The van der Waals surface area contributed by atoms with Crippen LogP contribution in [0.15, 0.2) is 48.5 Å². The number of benzene rings is 2. The van der Waals surface area contributed by atoms with Gasteiger partial charge >= 0.3 is 6.03 Å². The lowest BCUT2D eigenvalue weighted by atomic mass is 10.2. The van der Waals surface area contributed by atoms with Gasteiger partial charge in [0.25, 0.3) is 0 Å². The summed E-state index contributed by atoms with van der Waals surface area (Å²) < 4.78 is 11.5. The lowest BCUT2D eigenvalue weighted by molar-refractivity contribution is 0.262. The highest BCUT2D eigenvalue weighted by Crippen LogP contribution is 2.18. The standard InChI is InChI=1S/C25H36N2O3/c1-3-5-7-9-19-29-23-15-11-21(12-16-23)26-25(28)27-22-13-17-24(18-14-22)30-20-10-8-6-4-2/h11-18H,3-10,19-20H2,1-2H3,(H2,26,27,28). The zero-order chi connectivity index (χ0) is 21.4. The van der Waals surface area contributed by atoms with E-state index in [0.29, 0.717) is 0 Å². The maximum atomic E-state index is 12.2. The third-order valence-electron chi connectivity index (χ3n) is 4.76. The van der Waals surface area contributed by atoms with Crippen molar-refractivity contribution in [1.29, 1.82) is 0 Å². The number of hydrogen-bond acceptors (Lipinski definition) is 3. The van der Waals surface area contributed by atoms with Gasteiger partial charge in [0.15, 0.2) is 0 Å². The van der Waals surface area contributed by atoms with Crippen molar-refractivity contribution in [2.75, 3.05) is 23.8 Å². The van der Waals surface area contributed by atoms with Crippen LogP contribution in [0.1, 0.15) is 65.2 Å². The molecule has 5 nitrogen and oxygen atoms in total. The molecule has 2 N–H and O–H groups in total. The van der Waals surface area contributed by atoms with Crippen molar-refractivity contribution in [3.05, 3.63) is 48.5 Å². The van der Waals surface area contributed by atoms with E-state index in [0.717, 1.165) is 48.9 Å². The summed E-state index contributed by atoms with van der Waals surface area (Å²) in [5.41, 5.74) is 1.44. The van der Waals surface area contributed by atoms with Crippen molar-refractivity contribution in [3.8, 4) is 11.5 Å². The predicted molar refractivity (Wildman–Crippen MR) is 125 cm³/mol. The zero-order valence-corrected chi connectivity index (χ0v) is 18.4. The summed E-state index contributed by atoms with van der Waals surface area (Å²) in [6, 6.07) is 14.6. The minimum absolute atomic E-state index is 0.281. The molecule has 2 rings (SSSR count). The molecular formula is C25H36N2O3. The van der Waals surface area contributed by atoms with Crippen molar-refractivity contribution >= 4 is 17.4 Å². The number of unbranched alkanes of at least 4 members (excludes halogenated alkanes) is 6. The molecular weight excluding hydrogens is 376 g/mol. The average Bonchev–Trinajstić information content (AvgIpc) is 2.76. The monoisotopic (exact) mass is 412 g/mol. The highest BCUT2D eigenvalue weighted by molar-refractivity contribution is 5.99. The number of ether oxygens (including phenoxy) is 2. The van der Waals surface area contributed by atoms with Crippen LogP contribution in [0.2, 0.25) is 0 Å². The van der Waals surface area contributed by atoms with Gasteiger partial charge in [-0.15, -0.1) is 0 Å². The van der Waals surface area contributed by atoms with Gasteiger partial charge in [-0.05, 0) is 61.4 Å². The molecule has 164 valence electrons. The van der Waals surface area contributed by atoms with Crippen molar-refractivity contribution in [2.24, 2.45) is 0 Å². The summed E-state index contributed by atoms with van der Waals surface area (Å²) in [6.45, 7) is 5.85. The highest BCUT2D eigenvalue weighted by Gasteiger charge is 2.04. The van der Waals surface area contributed by atoms with Crippen molar-refractivity contribution < 1.29 is 14.3 Å². The van der Waals surface area contributed by atoms with E-state index in [-0.39, 0.29) is 6.03 Å². The fourth-order valence-electron chi connectivity index (χ4n) is 3.00. The fraction of sp³-hybridized carbons (Fsp3) is 0.480. The Bertz CT molecular complexity index is 653. The van der Waals surface area contributed by atoms with Gasteiger partial charge in [-0.2, -0.15) is 0 Å². The van der Waals surface area contributed by atoms with E-state index in [4.69, 9.17) is 9.47 Å². The molecule has 0 aliphatic heterocycles. The summed E-state index contributed by atoms with van der Waals surface area (Å²) >= 11 is 0. The van der Waals surface area contributed by atoms with Gasteiger partial charge in [0.2, 0.25) is 0 Å². The van der Waals surface area contributed by atoms with Gasteiger partial charge < -0.3 is 20.1 Å². The normalized spacial score (nSPS) is 10.5. The molecule has 2 aromatic rings. The molecule has 0 radical (unpaired) electrons. The van der Waals surface area contributed by atoms with Crippen molar-refractivity contribution in [3.63, 3.8) is 0 Å². The molecule has 0 atom stereocenters. The van der Waals surface area contributed by atoms with Crippen LogP contribution in [-0.4, -0.2) is 19.2 Å².